The number of hydrogen-bond acceptors (Lipinski definition) is 4. The molecule has 0 radical (unpaired) electrons. The molecule has 2 N–H and O–H groups in total. The Balaban J connectivity index is 2.70. The van der Waals surface area contributed by atoms with Crippen molar-refractivity contribution in [2.24, 2.45) is 0 Å². The molecule has 0 aliphatic heterocycles. The zero-order chi connectivity index (χ0) is 8.72. The molecule has 5 nitrogen and oxygen atoms in total. The maximum Gasteiger partial charge on any atom is 0.326 e. The lowest BCUT2D eigenvalue weighted by Gasteiger charge is -1.87. The molecule has 0 aliphatic carbocycles. The molecule has 0 fully saturated rings. The highest BCUT2D eigenvalue weighted by molar-refractivity contribution is 7.22. The molecule has 2 rings (SSSR count). The van der Waals surface area contributed by atoms with Gasteiger partial charge >= 0.3 is 5.00 Å². The standard InChI is InChI=1S/C6H5N3O2S/c7-8-2-1-5-4(8)3-6(12-5)9(10)11/h1-3H,7H2. The smallest absolute Gasteiger partial charge is 0.326 e. The summed E-state index contributed by atoms with van der Waals surface area (Å²) in [6, 6.07) is 3.23. The van der Waals surface area contributed by atoms with Crippen molar-refractivity contribution < 1.29 is 4.92 Å². The summed E-state index contributed by atoms with van der Waals surface area (Å²) in [6.45, 7) is 0. The topological polar surface area (TPSA) is 74.1 Å². The molecule has 0 bridgehead atoms. The van der Waals surface area contributed by atoms with Gasteiger partial charge in [-0.15, -0.1) is 0 Å². The van der Waals surface area contributed by atoms with E-state index >= 15 is 0 Å². The number of nitro groups is 1. The van der Waals surface area contributed by atoms with Gasteiger partial charge < -0.3 is 5.84 Å². The van der Waals surface area contributed by atoms with Crippen LogP contribution < -0.4 is 5.84 Å². The van der Waals surface area contributed by atoms with E-state index in [1.165, 1.54) is 10.7 Å². The van der Waals surface area contributed by atoms with E-state index in [1.54, 1.807) is 12.3 Å². The van der Waals surface area contributed by atoms with Crippen LogP contribution in [-0.4, -0.2) is 9.60 Å². The van der Waals surface area contributed by atoms with Crippen molar-refractivity contribution in [2.45, 2.75) is 0 Å². The summed E-state index contributed by atoms with van der Waals surface area (Å²) in [5.41, 5.74) is 0.701. The number of nitrogen functional groups attached to an aromatic ring is 1. The summed E-state index contributed by atoms with van der Waals surface area (Å²) in [4.78, 5) is 9.93. The number of thiophene rings is 1. The predicted octanol–water partition coefficient (Wildman–Crippen LogP) is 1.32. The van der Waals surface area contributed by atoms with Gasteiger partial charge in [0.05, 0.1) is 21.2 Å². The lowest BCUT2D eigenvalue weighted by atomic mass is 10.5. The third-order valence-electron chi connectivity index (χ3n) is 1.57. The van der Waals surface area contributed by atoms with Gasteiger partial charge in [0, 0.05) is 6.20 Å². The number of nitrogens with zero attached hydrogens (tertiary/aromatic N) is 2. The van der Waals surface area contributed by atoms with Crippen LogP contribution in [0.4, 0.5) is 5.00 Å². The van der Waals surface area contributed by atoms with Gasteiger partial charge in [0.1, 0.15) is 0 Å². The van der Waals surface area contributed by atoms with Crippen LogP contribution in [0.25, 0.3) is 10.2 Å². The van der Waals surface area contributed by atoms with Crippen molar-refractivity contribution in [3.05, 3.63) is 28.4 Å². The highest BCUT2D eigenvalue weighted by Crippen LogP contribution is 2.30. The van der Waals surface area contributed by atoms with E-state index in [9.17, 15) is 10.1 Å². The second-order valence-corrected chi connectivity index (χ2v) is 3.38. The van der Waals surface area contributed by atoms with Crippen LogP contribution in [0.1, 0.15) is 0 Å². The molecule has 62 valence electrons. The minimum absolute atomic E-state index is 0.125. The van der Waals surface area contributed by atoms with Crippen LogP contribution in [-0.2, 0) is 0 Å². The molecule has 2 heterocycles. The van der Waals surface area contributed by atoms with Crippen LogP contribution in [0, 0.1) is 10.1 Å². The summed E-state index contributed by atoms with van der Waals surface area (Å²) in [7, 11) is 0. The molecular weight excluding hydrogens is 178 g/mol. The van der Waals surface area contributed by atoms with Crippen molar-refractivity contribution in [1.82, 2.24) is 4.68 Å². The SMILES string of the molecule is Nn1ccc2sc([N+](=O)[O-])cc21. The van der Waals surface area contributed by atoms with Crippen molar-refractivity contribution in [3.63, 3.8) is 0 Å². The quantitative estimate of drug-likeness (QED) is 0.411. The molecule has 0 atom stereocenters. The minimum Gasteiger partial charge on any atom is -0.339 e. The fourth-order valence-electron chi connectivity index (χ4n) is 1.02. The summed E-state index contributed by atoms with van der Waals surface area (Å²) in [5.74, 6) is 5.49. The fraction of sp³-hybridized carbons (Fsp3) is 0. The number of fused-ring (bicyclic) bond motifs is 1. The predicted molar refractivity (Wildman–Crippen MR) is 46.6 cm³/mol. The number of rotatable bonds is 1. The number of aromatic nitrogens is 1. The molecule has 2 aromatic heterocycles. The van der Waals surface area contributed by atoms with Gasteiger partial charge in [-0.25, -0.2) is 0 Å². The first-order chi connectivity index (χ1) is 5.68. The minimum atomic E-state index is -0.412. The van der Waals surface area contributed by atoms with Crippen LogP contribution >= 0.6 is 11.3 Å². The summed E-state index contributed by atoms with van der Waals surface area (Å²) in [6.07, 6.45) is 1.67. The second-order valence-electron chi connectivity index (χ2n) is 2.31. The number of hydrogen-bond donors (Lipinski definition) is 1. The van der Waals surface area contributed by atoms with E-state index < -0.39 is 4.92 Å². The van der Waals surface area contributed by atoms with Gasteiger partial charge in [0.15, 0.2) is 0 Å². The Labute approximate surface area is 71.1 Å². The third-order valence-corrected chi connectivity index (χ3v) is 2.61. The van der Waals surface area contributed by atoms with Crippen molar-refractivity contribution >= 4 is 26.6 Å². The highest BCUT2D eigenvalue weighted by atomic mass is 32.1. The van der Waals surface area contributed by atoms with Crippen molar-refractivity contribution in [2.75, 3.05) is 5.84 Å². The molecular formula is C6H5N3O2S. The lowest BCUT2D eigenvalue weighted by molar-refractivity contribution is -0.380. The molecule has 0 spiro atoms. The zero-order valence-corrected chi connectivity index (χ0v) is 6.75. The van der Waals surface area contributed by atoms with E-state index in [0.717, 1.165) is 16.0 Å². The maximum absolute atomic E-state index is 10.3. The normalized spacial score (nSPS) is 10.7. The molecule has 0 aromatic carbocycles. The molecule has 0 saturated carbocycles. The average molecular weight is 183 g/mol. The summed E-state index contributed by atoms with van der Waals surface area (Å²) < 4.78 is 2.21. The Kier molecular flexibility index (Phi) is 1.31. The Bertz CT molecular complexity index is 445. The lowest BCUT2D eigenvalue weighted by Crippen LogP contribution is -2.04. The molecule has 0 saturated heterocycles. The molecule has 0 amide bonds. The molecule has 2 aromatic rings. The van der Waals surface area contributed by atoms with Crippen molar-refractivity contribution in [3.8, 4) is 0 Å². The van der Waals surface area contributed by atoms with Gasteiger partial charge in [-0.2, -0.15) is 0 Å². The van der Waals surface area contributed by atoms with Gasteiger partial charge in [0.25, 0.3) is 0 Å². The van der Waals surface area contributed by atoms with Gasteiger partial charge in [-0.05, 0) is 6.07 Å². The Morgan fingerprint density at radius 1 is 1.67 bits per heavy atom. The molecule has 12 heavy (non-hydrogen) atoms. The first-order valence-corrected chi connectivity index (χ1v) is 4.00. The zero-order valence-electron chi connectivity index (χ0n) is 5.93. The first kappa shape index (κ1) is 7.11. The average Bonchev–Trinajstić information content (AvgIpc) is 2.53. The summed E-state index contributed by atoms with van der Waals surface area (Å²) >= 11 is 1.13. The molecule has 0 aliphatic rings. The molecule has 6 heteroatoms. The highest BCUT2D eigenvalue weighted by Gasteiger charge is 2.12. The third kappa shape index (κ3) is 0.850. The first-order valence-electron chi connectivity index (χ1n) is 3.19. The maximum atomic E-state index is 10.3. The van der Waals surface area contributed by atoms with Gasteiger partial charge in [0.2, 0.25) is 0 Å². The van der Waals surface area contributed by atoms with Gasteiger partial charge in [-0.1, -0.05) is 11.3 Å². The van der Waals surface area contributed by atoms with E-state index in [1.807, 2.05) is 0 Å². The number of nitrogens with two attached hydrogens (primary N) is 1. The van der Waals surface area contributed by atoms with E-state index in [2.05, 4.69) is 0 Å². The monoisotopic (exact) mass is 183 g/mol. The Hall–Kier alpha value is -1.56. The van der Waals surface area contributed by atoms with Crippen LogP contribution in [0.2, 0.25) is 0 Å². The van der Waals surface area contributed by atoms with E-state index in [-0.39, 0.29) is 5.00 Å². The van der Waals surface area contributed by atoms with E-state index in [0.29, 0.717) is 5.52 Å². The van der Waals surface area contributed by atoms with Crippen LogP contribution in [0.5, 0.6) is 0 Å². The Morgan fingerprint density at radius 3 is 3.00 bits per heavy atom. The summed E-state index contributed by atoms with van der Waals surface area (Å²) in [5, 5.41) is 10.5. The largest absolute Gasteiger partial charge is 0.339 e. The fourth-order valence-corrected chi connectivity index (χ4v) is 1.89. The molecule has 0 unspecified atom stereocenters. The van der Waals surface area contributed by atoms with Crippen molar-refractivity contribution in [1.29, 1.82) is 0 Å². The van der Waals surface area contributed by atoms with E-state index in [4.69, 9.17) is 5.84 Å². The van der Waals surface area contributed by atoms with Crippen LogP contribution in [0.3, 0.4) is 0 Å². The second kappa shape index (κ2) is 2.21. The van der Waals surface area contributed by atoms with Crippen LogP contribution in [0.15, 0.2) is 18.3 Å². The Morgan fingerprint density at radius 2 is 2.42 bits per heavy atom. The van der Waals surface area contributed by atoms with Gasteiger partial charge in [-0.3, -0.25) is 14.8 Å².